The van der Waals surface area contributed by atoms with E-state index in [1.165, 1.54) is 21.0 Å². The van der Waals surface area contributed by atoms with Crippen LogP contribution in [-0.4, -0.2) is 36.3 Å². The Labute approximate surface area is 259 Å². The van der Waals surface area contributed by atoms with E-state index < -0.39 is 21.5 Å². The van der Waals surface area contributed by atoms with Crippen LogP contribution in [0, 0.1) is 36.5 Å². The molecule has 222 valence electrons. The van der Waals surface area contributed by atoms with Crippen molar-refractivity contribution >= 4 is 44.6 Å². The number of thiazole rings is 1. The number of carbonyl (C=O) groups excluding carboxylic acids is 1. The van der Waals surface area contributed by atoms with E-state index in [1.54, 1.807) is 48.5 Å². The summed E-state index contributed by atoms with van der Waals surface area (Å²) >= 11 is 1.00. The number of piperidine rings is 1. The number of nitrogens with one attached hydrogen (secondary N) is 1. The maximum Gasteiger partial charge on any atom is 0.273 e. The van der Waals surface area contributed by atoms with Crippen molar-refractivity contribution in [3.05, 3.63) is 109 Å². The molecule has 44 heavy (non-hydrogen) atoms. The van der Waals surface area contributed by atoms with Gasteiger partial charge in [-0.3, -0.25) is 14.2 Å². The smallest absolute Gasteiger partial charge is 0.273 e. The molecule has 0 spiro atoms. The van der Waals surface area contributed by atoms with Crippen LogP contribution in [0.3, 0.4) is 0 Å². The number of nitriles is 2. The van der Waals surface area contributed by atoms with E-state index in [-0.39, 0.29) is 25.4 Å². The molecule has 0 unspecified atom stereocenters. The molecule has 9 nitrogen and oxygen atoms in total. The molecule has 1 amide bonds. The third-order valence-corrected chi connectivity index (χ3v) is 10.5. The monoisotopic (exact) mass is 623 g/mol. The first kappa shape index (κ1) is 30.6. The topological polar surface area (TPSA) is 136 Å². The van der Waals surface area contributed by atoms with Crippen LogP contribution in [0.1, 0.15) is 41.5 Å². The minimum absolute atomic E-state index is 0.0539. The fourth-order valence-corrected chi connectivity index (χ4v) is 7.60. The molecule has 1 aliphatic rings. The van der Waals surface area contributed by atoms with Gasteiger partial charge in [-0.1, -0.05) is 30.7 Å². The number of sulfonamides is 1. The van der Waals surface area contributed by atoms with Gasteiger partial charge < -0.3 is 5.32 Å². The lowest BCUT2D eigenvalue weighted by atomic mass is 10.1. The summed E-state index contributed by atoms with van der Waals surface area (Å²) in [5, 5.41) is 22.0. The summed E-state index contributed by atoms with van der Waals surface area (Å²) in [5.74, 6) is -0.774. The van der Waals surface area contributed by atoms with Gasteiger partial charge in [0.15, 0.2) is 5.57 Å². The summed E-state index contributed by atoms with van der Waals surface area (Å²) in [6.07, 6.45) is 4.22. The van der Waals surface area contributed by atoms with Gasteiger partial charge >= 0.3 is 0 Å². The Kier molecular flexibility index (Phi) is 8.93. The molecular formula is C33H29N5O4S2. The Hall–Kier alpha value is -4.81. The number of carbonyl (C=O) groups is 1. The Morgan fingerprint density at radius 1 is 0.955 bits per heavy atom. The van der Waals surface area contributed by atoms with Crippen molar-refractivity contribution < 1.29 is 13.2 Å². The molecule has 0 bridgehead atoms. The van der Waals surface area contributed by atoms with Crippen molar-refractivity contribution in [1.82, 2.24) is 8.87 Å². The first-order chi connectivity index (χ1) is 21.1. The van der Waals surface area contributed by atoms with Gasteiger partial charge in [-0.2, -0.15) is 14.8 Å². The highest BCUT2D eigenvalue weighted by Crippen LogP contribution is 2.23. The largest absolute Gasteiger partial charge is 0.321 e. The van der Waals surface area contributed by atoms with E-state index in [2.05, 4.69) is 11.4 Å². The molecule has 11 heteroatoms. The lowest BCUT2D eigenvalue weighted by Crippen LogP contribution is -2.35. The van der Waals surface area contributed by atoms with Gasteiger partial charge in [0, 0.05) is 18.8 Å². The second-order valence-electron chi connectivity index (χ2n) is 10.5. The van der Waals surface area contributed by atoms with Crippen molar-refractivity contribution in [2.75, 3.05) is 18.4 Å². The maximum atomic E-state index is 13.8. The van der Waals surface area contributed by atoms with E-state index in [4.69, 9.17) is 5.26 Å². The predicted molar refractivity (Wildman–Crippen MR) is 170 cm³/mol. The van der Waals surface area contributed by atoms with Crippen molar-refractivity contribution in [2.24, 2.45) is 0 Å². The molecule has 1 N–H and O–H groups in total. The molecule has 1 fully saturated rings. The van der Waals surface area contributed by atoms with E-state index in [1.807, 2.05) is 32.0 Å². The number of benzene rings is 3. The first-order valence-corrected chi connectivity index (χ1v) is 16.3. The summed E-state index contributed by atoms with van der Waals surface area (Å²) in [6.45, 7) is 4.75. The van der Waals surface area contributed by atoms with Crippen LogP contribution in [0.15, 0.2) is 76.4 Å². The van der Waals surface area contributed by atoms with Crippen LogP contribution in [0.2, 0.25) is 0 Å². The van der Waals surface area contributed by atoms with Gasteiger partial charge in [0.05, 0.1) is 26.7 Å². The van der Waals surface area contributed by atoms with E-state index >= 15 is 0 Å². The number of hydrogen-bond acceptors (Lipinski definition) is 7. The molecule has 3 aromatic carbocycles. The van der Waals surface area contributed by atoms with Crippen LogP contribution in [0.5, 0.6) is 0 Å². The summed E-state index contributed by atoms with van der Waals surface area (Å²) in [5.41, 5.74) is 3.10. The second-order valence-corrected chi connectivity index (χ2v) is 13.5. The number of aryl methyl sites for hydroxylation is 2. The standard InChI is InChI=1S/C33H29N5O4S2/c1-22-9-14-27(17-23(22)2)38-32(40)30(18-24-10-12-25(20-34)13-11-24)43-33(38)29(21-35)31(39)36-26-7-6-8-28(19-26)44(41,42)37-15-4-3-5-16-37/h6-14,17-19H,3-5,15-16H2,1-2H3,(H,36,39)/b30-18-,33-29-. The van der Waals surface area contributed by atoms with E-state index in [9.17, 15) is 23.3 Å². The SMILES string of the molecule is Cc1ccc(-n2c(=O)/c(=C/c3ccc(C#N)cc3)s/c2=C(/C#N)C(=O)Nc2cccc(S(=O)(=O)N3CCCCC3)c2)cc1C. The van der Waals surface area contributed by atoms with Gasteiger partial charge in [-0.25, -0.2) is 8.42 Å². The average molecular weight is 624 g/mol. The van der Waals surface area contributed by atoms with Crippen molar-refractivity contribution in [2.45, 2.75) is 38.0 Å². The van der Waals surface area contributed by atoms with Crippen molar-refractivity contribution in [1.29, 1.82) is 10.5 Å². The van der Waals surface area contributed by atoms with Crippen LogP contribution in [0.25, 0.3) is 17.3 Å². The zero-order valence-electron chi connectivity index (χ0n) is 24.2. The molecule has 0 saturated carbocycles. The summed E-state index contributed by atoms with van der Waals surface area (Å²) in [7, 11) is -3.74. The number of anilines is 1. The minimum Gasteiger partial charge on any atom is -0.321 e. The molecule has 0 aliphatic carbocycles. The Bertz CT molecular complexity index is 2130. The Morgan fingerprint density at radius 2 is 1.68 bits per heavy atom. The zero-order valence-corrected chi connectivity index (χ0v) is 25.8. The number of hydrogen-bond donors (Lipinski definition) is 1. The predicted octanol–water partition coefficient (Wildman–Crippen LogP) is 3.70. The maximum absolute atomic E-state index is 13.8. The minimum atomic E-state index is -3.74. The molecule has 1 aliphatic heterocycles. The van der Waals surface area contributed by atoms with Gasteiger partial charge in [0.2, 0.25) is 10.0 Å². The summed E-state index contributed by atoms with van der Waals surface area (Å²) in [6, 6.07) is 22.1. The zero-order chi connectivity index (χ0) is 31.4. The third-order valence-electron chi connectivity index (χ3n) is 7.51. The number of rotatable bonds is 6. The normalized spacial score (nSPS) is 14.9. The van der Waals surface area contributed by atoms with Crippen molar-refractivity contribution in [3.63, 3.8) is 0 Å². The van der Waals surface area contributed by atoms with E-state index in [0.717, 1.165) is 41.7 Å². The average Bonchev–Trinajstić information content (AvgIpc) is 3.34. The van der Waals surface area contributed by atoms with E-state index in [0.29, 0.717) is 29.9 Å². The van der Waals surface area contributed by atoms with Crippen molar-refractivity contribution in [3.8, 4) is 17.8 Å². The first-order valence-electron chi connectivity index (χ1n) is 14.0. The summed E-state index contributed by atoms with van der Waals surface area (Å²) in [4.78, 5) is 27.4. The van der Waals surface area contributed by atoms with Crippen LogP contribution >= 0.6 is 11.3 Å². The number of nitrogens with zero attached hydrogens (tertiary/aromatic N) is 4. The molecule has 1 saturated heterocycles. The van der Waals surface area contributed by atoms with Crippen LogP contribution in [-0.2, 0) is 14.8 Å². The fraction of sp³-hybridized carbons (Fsp3) is 0.212. The van der Waals surface area contributed by atoms with Crippen LogP contribution in [0.4, 0.5) is 5.69 Å². The van der Waals surface area contributed by atoms with Gasteiger partial charge in [-0.05, 0) is 91.9 Å². The van der Waals surface area contributed by atoms with Gasteiger partial charge in [0.1, 0.15) is 10.7 Å². The Balaban J connectivity index is 1.61. The molecule has 2 heterocycles. The molecular weight excluding hydrogens is 595 g/mol. The van der Waals surface area contributed by atoms with Crippen LogP contribution < -0.4 is 20.1 Å². The van der Waals surface area contributed by atoms with Gasteiger partial charge in [-0.15, -0.1) is 11.3 Å². The molecule has 5 rings (SSSR count). The molecule has 0 atom stereocenters. The lowest BCUT2D eigenvalue weighted by Gasteiger charge is -2.26. The second kappa shape index (κ2) is 12.8. The number of aromatic nitrogens is 1. The van der Waals surface area contributed by atoms with Gasteiger partial charge in [0.25, 0.3) is 11.5 Å². The third kappa shape index (κ3) is 6.26. The molecule has 1 aromatic heterocycles. The quantitative estimate of drug-likeness (QED) is 0.348. The highest BCUT2D eigenvalue weighted by molar-refractivity contribution is 7.89. The lowest BCUT2D eigenvalue weighted by molar-refractivity contribution is -0.111. The number of amides is 1. The highest BCUT2D eigenvalue weighted by atomic mass is 32.2. The Morgan fingerprint density at radius 3 is 2.34 bits per heavy atom. The fourth-order valence-electron chi connectivity index (χ4n) is 4.93. The molecule has 0 radical (unpaired) electrons. The molecule has 4 aromatic rings. The summed E-state index contributed by atoms with van der Waals surface area (Å²) < 4.78 is 29.7. The highest BCUT2D eigenvalue weighted by Gasteiger charge is 2.26.